The molecule has 0 saturated carbocycles. The van der Waals surface area contributed by atoms with Crippen molar-refractivity contribution in [3.05, 3.63) is 174 Å². The summed E-state index contributed by atoms with van der Waals surface area (Å²) in [6.07, 6.45) is 1.07. The lowest BCUT2D eigenvalue weighted by Crippen LogP contribution is -2.53. The molecule has 0 spiro atoms. The van der Waals surface area contributed by atoms with Crippen LogP contribution in [0.4, 0.5) is 0 Å². The van der Waals surface area contributed by atoms with Crippen LogP contribution >= 0.6 is 0 Å². The van der Waals surface area contributed by atoms with Gasteiger partial charge in [-0.1, -0.05) is 123 Å². The van der Waals surface area contributed by atoms with Crippen molar-refractivity contribution in [1.82, 2.24) is 8.87 Å². The first-order valence-electron chi connectivity index (χ1n) is 20.9. The smallest absolute Gasteiger partial charge is 0.268 e. The Morgan fingerprint density at radius 3 is 1.97 bits per heavy atom. The third-order valence-corrected chi connectivity index (χ3v) is 12.8. The first kappa shape index (κ1) is 42.2. The Bertz CT molecular complexity index is 2480. The number of ether oxygens (including phenoxy) is 5. The fourth-order valence-corrected chi connectivity index (χ4v) is 9.40. The number of aromatic nitrogens is 1. The minimum absolute atomic E-state index is 0.0586. The summed E-state index contributed by atoms with van der Waals surface area (Å²) in [6, 6.07) is 42.4. The van der Waals surface area contributed by atoms with E-state index in [-0.39, 0.29) is 36.5 Å². The summed E-state index contributed by atoms with van der Waals surface area (Å²) in [5.74, 6) is -0.743. The van der Waals surface area contributed by atoms with Crippen LogP contribution in [0.25, 0.3) is 10.9 Å². The Hall–Kier alpha value is -5.47. The van der Waals surface area contributed by atoms with Gasteiger partial charge in [-0.2, -0.15) is 0 Å². The number of carbonyl (C=O) groups excluding carboxylic acids is 2. The second kappa shape index (κ2) is 19.5. The Balaban J connectivity index is 1.05. The van der Waals surface area contributed by atoms with Gasteiger partial charge in [0.15, 0.2) is 6.29 Å². The average Bonchev–Trinajstić information content (AvgIpc) is 3.80. The summed E-state index contributed by atoms with van der Waals surface area (Å²) < 4.78 is 62.1. The molecule has 0 N–H and O–H groups in total. The molecule has 11 nitrogen and oxygen atoms in total. The number of hydrogen-bond acceptors (Lipinski definition) is 9. The van der Waals surface area contributed by atoms with Gasteiger partial charge in [-0.3, -0.25) is 9.59 Å². The lowest BCUT2D eigenvalue weighted by atomic mass is 10.0. The van der Waals surface area contributed by atoms with Gasteiger partial charge in [0.05, 0.1) is 60.2 Å². The van der Waals surface area contributed by atoms with E-state index in [0.717, 1.165) is 34.9 Å². The summed E-state index contributed by atoms with van der Waals surface area (Å²) in [5, 5.41) is 0.800. The topological polar surface area (TPSA) is 123 Å². The molecule has 2 amide bonds. The highest BCUT2D eigenvalue weighted by molar-refractivity contribution is 7.90. The van der Waals surface area contributed by atoms with E-state index in [1.54, 1.807) is 66.9 Å². The molecule has 0 unspecified atom stereocenters. The number of nitrogens with zero attached hydrogens (tertiary/aromatic N) is 2. The van der Waals surface area contributed by atoms with Gasteiger partial charge in [0, 0.05) is 18.0 Å². The molecule has 61 heavy (non-hydrogen) atoms. The SMILES string of the molecule is CCCC[C@H](OC[C@@H]1C[C@H](OCc2ccccc2)[C@@H](OCc2ccccc2)[C@H](OCCc2cn(S(=O)(=O)c3ccccc3)c3ccccc23)O1)N1C(=O)c2ccccc2C1=O. The fourth-order valence-electron chi connectivity index (χ4n) is 7.99. The highest BCUT2D eigenvalue weighted by atomic mass is 32.2. The van der Waals surface area contributed by atoms with Crippen LogP contribution < -0.4 is 0 Å². The lowest BCUT2D eigenvalue weighted by Gasteiger charge is -2.41. The van der Waals surface area contributed by atoms with Crippen LogP contribution in [0, 0.1) is 0 Å². The Kier molecular flexibility index (Phi) is 13.5. The quantitative estimate of drug-likeness (QED) is 0.0739. The molecule has 3 heterocycles. The van der Waals surface area contributed by atoms with Crippen LogP contribution in [0.2, 0.25) is 0 Å². The molecule has 5 aromatic carbocycles. The van der Waals surface area contributed by atoms with Crippen molar-refractivity contribution in [2.75, 3.05) is 13.2 Å². The van der Waals surface area contributed by atoms with Crippen LogP contribution in [-0.2, 0) is 53.3 Å². The summed E-state index contributed by atoms with van der Waals surface area (Å²) in [5.41, 5.74) is 4.07. The van der Waals surface area contributed by atoms with E-state index < -0.39 is 40.9 Å². The molecular formula is C49H50N2O9S. The number of unbranched alkanes of at least 4 members (excludes halogenated alkanes) is 1. The standard InChI is InChI=1S/C49H50N2O9S/c1-2-3-27-45(51-47(52)41-24-13-14-25-42(41)48(51)53)58-34-38-30-44(57-32-35-17-7-4-8-18-35)46(59-33-36-19-9-5-10-20-36)49(60-38)56-29-28-37-31-50(43-26-16-15-23-40(37)43)61(54,55)39-21-11-6-12-22-39/h4-26,31,38,44-46,49H,2-3,27-30,32-34H2,1H3/t38-,44-,45-,46+,49+/m0/s1. The molecule has 316 valence electrons. The van der Waals surface area contributed by atoms with Crippen LogP contribution in [0.1, 0.15) is 70.0 Å². The molecule has 0 bridgehead atoms. The molecule has 1 saturated heterocycles. The minimum Gasteiger partial charge on any atom is -0.371 e. The maximum atomic E-state index is 13.8. The van der Waals surface area contributed by atoms with Gasteiger partial charge in [-0.25, -0.2) is 17.3 Å². The highest BCUT2D eigenvalue weighted by Gasteiger charge is 2.44. The van der Waals surface area contributed by atoms with Crippen molar-refractivity contribution >= 4 is 32.7 Å². The van der Waals surface area contributed by atoms with E-state index in [1.807, 2.05) is 78.9 Å². The molecule has 0 radical (unpaired) electrons. The number of rotatable bonds is 19. The summed E-state index contributed by atoms with van der Waals surface area (Å²) >= 11 is 0. The second-order valence-electron chi connectivity index (χ2n) is 15.3. The van der Waals surface area contributed by atoms with Crippen LogP contribution in [0.5, 0.6) is 0 Å². The van der Waals surface area contributed by atoms with Crippen molar-refractivity contribution < 1.29 is 41.7 Å². The van der Waals surface area contributed by atoms with Crippen molar-refractivity contribution in [3.63, 3.8) is 0 Å². The molecule has 5 atom stereocenters. The lowest BCUT2D eigenvalue weighted by molar-refractivity contribution is -0.294. The van der Waals surface area contributed by atoms with E-state index >= 15 is 0 Å². The molecule has 1 aromatic heterocycles. The van der Waals surface area contributed by atoms with Gasteiger partial charge >= 0.3 is 0 Å². The number of fused-ring (bicyclic) bond motifs is 2. The molecule has 1 fully saturated rings. The molecule has 0 aliphatic carbocycles. The molecule has 6 aromatic rings. The number of hydrogen-bond donors (Lipinski definition) is 0. The Morgan fingerprint density at radius 1 is 0.721 bits per heavy atom. The van der Waals surface area contributed by atoms with Crippen LogP contribution in [-0.4, -0.2) is 73.1 Å². The third kappa shape index (κ3) is 9.55. The number of benzene rings is 5. The molecule has 2 aliphatic rings. The minimum atomic E-state index is -3.87. The van der Waals surface area contributed by atoms with Gasteiger partial charge < -0.3 is 23.7 Å². The van der Waals surface area contributed by atoms with E-state index in [1.165, 1.54) is 8.87 Å². The van der Waals surface area contributed by atoms with Gasteiger partial charge in [-0.15, -0.1) is 0 Å². The predicted octanol–water partition coefficient (Wildman–Crippen LogP) is 8.55. The molecule has 8 rings (SSSR count). The second-order valence-corrected chi connectivity index (χ2v) is 17.1. The van der Waals surface area contributed by atoms with Gasteiger partial charge in [-0.05, 0) is 66.3 Å². The Labute approximate surface area is 356 Å². The first-order chi connectivity index (χ1) is 29.8. The van der Waals surface area contributed by atoms with Gasteiger partial charge in [0.25, 0.3) is 21.8 Å². The van der Waals surface area contributed by atoms with Crippen LogP contribution in [0.3, 0.4) is 0 Å². The van der Waals surface area contributed by atoms with Crippen LogP contribution in [0.15, 0.2) is 151 Å². The van der Waals surface area contributed by atoms with Crippen molar-refractivity contribution in [2.24, 2.45) is 0 Å². The largest absolute Gasteiger partial charge is 0.371 e. The van der Waals surface area contributed by atoms with Gasteiger partial charge in [0.1, 0.15) is 12.3 Å². The number of amides is 2. The summed E-state index contributed by atoms with van der Waals surface area (Å²) in [4.78, 5) is 28.6. The zero-order valence-electron chi connectivity index (χ0n) is 34.1. The van der Waals surface area contributed by atoms with Gasteiger partial charge in [0.2, 0.25) is 0 Å². The number of para-hydroxylation sites is 1. The van der Waals surface area contributed by atoms with Crippen molar-refractivity contribution in [1.29, 1.82) is 0 Å². The Morgan fingerprint density at radius 2 is 1.31 bits per heavy atom. The predicted molar refractivity (Wildman–Crippen MR) is 230 cm³/mol. The molecular weight excluding hydrogens is 793 g/mol. The highest BCUT2D eigenvalue weighted by Crippen LogP contribution is 2.32. The maximum Gasteiger partial charge on any atom is 0.268 e. The van der Waals surface area contributed by atoms with Crippen molar-refractivity contribution in [2.45, 2.75) is 88.0 Å². The third-order valence-electron chi connectivity index (χ3n) is 11.2. The zero-order chi connectivity index (χ0) is 42.2. The summed E-state index contributed by atoms with van der Waals surface area (Å²) in [6.45, 7) is 2.88. The maximum absolute atomic E-state index is 13.8. The number of carbonyl (C=O) groups is 2. The van der Waals surface area contributed by atoms with E-state index in [2.05, 4.69) is 6.92 Å². The first-order valence-corrected chi connectivity index (χ1v) is 22.3. The van der Waals surface area contributed by atoms with Crippen molar-refractivity contribution in [3.8, 4) is 0 Å². The monoisotopic (exact) mass is 842 g/mol. The van der Waals surface area contributed by atoms with E-state index in [4.69, 9.17) is 23.7 Å². The van der Waals surface area contributed by atoms with E-state index in [9.17, 15) is 18.0 Å². The number of imide groups is 1. The average molecular weight is 843 g/mol. The molecule has 12 heteroatoms. The zero-order valence-corrected chi connectivity index (χ0v) is 34.9. The summed E-state index contributed by atoms with van der Waals surface area (Å²) in [7, 11) is -3.87. The fraction of sp³-hybridized carbons (Fsp3) is 0.306. The molecule has 2 aliphatic heterocycles. The van der Waals surface area contributed by atoms with E-state index in [0.29, 0.717) is 42.5 Å². The normalized spacial score (nSPS) is 19.7.